The van der Waals surface area contributed by atoms with Crippen molar-refractivity contribution in [1.82, 2.24) is 10.3 Å². The third-order valence-corrected chi connectivity index (χ3v) is 5.66. The molecule has 1 aromatic heterocycles. The topological polar surface area (TPSA) is 54.0 Å². The van der Waals surface area contributed by atoms with Crippen LogP contribution in [0.1, 0.15) is 41.6 Å². The van der Waals surface area contributed by atoms with Crippen LogP contribution in [-0.4, -0.2) is 23.0 Å². The Morgan fingerprint density at radius 2 is 1.75 bits per heavy atom. The number of amides is 1. The van der Waals surface area contributed by atoms with Gasteiger partial charge in [0.2, 0.25) is 0 Å². The van der Waals surface area contributed by atoms with E-state index < -0.39 is 0 Å². The summed E-state index contributed by atoms with van der Waals surface area (Å²) in [4.78, 5) is 17.2. The van der Waals surface area contributed by atoms with Gasteiger partial charge in [0.15, 0.2) is 0 Å². The molecule has 0 atom stereocenters. The number of nitrogens with one attached hydrogen (secondary N) is 2. The van der Waals surface area contributed by atoms with Crippen LogP contribution in [0, 0.1) is 6.92 Å². The number of benzene rings is 2. The van der Waals surface area contributed by atoms with Crippen LogP contribution in [0.15, 0.2) is 54.6 Å². The second-order valence-corrected chi connectivity index (χ2v) is 7.95. The maximum Gasteiger partial charge on any atom is 0.251 e. The van der Waals surface area contributed by atoms with Gasteiger partial charge in [0, 0.05) is 28.1 Å². The van der Waals surface area contributed by atoms with E-state index in [1.165, 1.54) is 10.9 Å². The largest absolute Gasteiger partial charge is 0.367 e. The van der Waals surface area contributed by atoms with Crippen LogP contribution in [0.25, 0.3) is 10.9 Å². The van der Waals surface area contributed by atoms with Gasteiger partial charge in [-0.15, -0.1) is 0 Å². The molecular formula is C23H24ClN3O. The summed E-state index contributed by atoms with van der Waals surface area (Å²) in [7, 11) is 0. The zero-order valence-electron chi connectivity index (χ0n) is 15.9. The second kappa shape index (κ2) is 8.19. The number of aryl methyl sites for hydroxylation is 1. The highest BCUT2D eigenvalue weighted by atomic mass is 35.5. The van der Waals surface area contributed by atoms with Crippen molar-refractivity contribution in [3.05, 3.63) is 70.7 Å². The number of fused-ring (bicyclic) bond motifs is 1. The third-order valence-electron chi connectivity index (χ3n) is 5.42. The van der Waals surface area contributed by atoms with E-state index in [0.717, 1.165) is 37.0 Å². The number of nitrogens with zero attached hydrogens (tertiary/aromatic N) is 1. The summed E-state index contributed by atoms with van der Waals surface area (Å²) in [5, 5.41) is 8.50. The molecule has 0 spiro atoms. The Morgan fingerprint density at radius 1 is 1.00 bits per heavy atom. The first-order valence-electron chi connectivity index (χ1n) is 9.78. The molecule has 0 bridgehead atoms. The van der Waals surface area contributed by atoms with E-state index in [9.17, 15) is 4.79 Å². The Bertz CT molecular complexity index is 996. The van der Waals surface area contributed by atoms with Gasteiger partial charge in [-0.1, -0.05) is 35.9 Å². The molecule has 144 valence electrons. The molecule has 1 saturated carbocycles. The fourth-order valence-electron chi connectivity index (χ4n) is 3.91. The van der Waals surface area contributed by atoms with Gasteiger partial charge < -0.3 is 10.6 Å². The van der Waals surface area contributed by atoms with Crippen molar-refractivity contribution >= 4 is 34.2 Å². The molecule has 2 N–H and O–H groups in total. The molecule has 1 aliphatic carbocycles. The van der Waals surface area contributed by atoms with Crippen molar-refractivity contribution in [2.45, 2.75) is 44.7 Å². The van der Waals surface area contributed by atoms with Crippen LogP contribution in [0.2, 0.25) is 5.02 Å². The number of pyridine rings is 1. The van der Waals surface area contributed by atoms with Crippen LogP contribution >= 0.6 is 11.6 Å². The van der Waals surface area contributed by atoms with Crippen LogP contribution < -0.4 is 10.6 Å². The highest BCUT2D eigenvalue weighted by molar-refractivity contribution is 6.30. The van der Waals surface area contributed by atoms with E-state index in [-0.39, 0.29) is 11.9 Å². The second-order valence-electron chi connectivity index (χ2n) is 7.52. The van der Waals surface area contributed by atoms with Crippen LogP contribution in [0.5, 0.6) is 0 Å². The quantitative estimate of drug-likeness (QED) is 0.628. The van der Waals surface area contributed by atoms with Crippen molar-refractivity contribution in [3.63, 3.8) is 0 Å². The van der Waals surface area contributed by atoms with Gasteiger partial charge in [0.05, 0.1) is 5.52 Å². The smallest absolute Gasteiger partial charge is 0.251 e. The molecule has 5 heteroatoms. The van der Waals surface area contributed by atoms with Gasteiger partial charge in [0.1, 0.15) is 5.82 Å². The maximum absolute atomic E-state index is 12.4. The molecule has 0 saturated heterocycles. The molecule has 28 heavy (non-hydrogen) atoms. The molecule has 0 radical (unpaired) electrons. The summed E-state index contributed by atoms with van der Waals surface area (Å²) in [6.07, 6.45) is 3.93. The molecule has 0 unspecified atom stereocenters. The van der Waals surface area contributed by atoms with Crippen LogP contribution in [0.3, 0.4) is 0 Å². The maximum atomic E-state index is 12.4. The number of carbonyl (C=O) groups is 1. The summed E-state index contributed by atoms with van der Waals surface area (Å²) in [5.41, 5.74) is 2.87. The number of rotatable bonds is 4. The lowest BCUT2D eigenvalue weighted by Gasteiger charge is -2.30. The number of aromatic nitrogens is 1. The summed E-state index contributed by atoms with van der Waals surface area (Å²) in [6.45, 7) is 2.12. The molecule has 0 aliphatic heterocycles. The predicted octanol–water partition coefficient (Wildman–Crippen LogP) is 5.35. The van der Waals surface area contributed by atoms with Crippen molar-refractivity contribution < 1.29 is 4.79 Å². The van der Waals surface area contributed by atoms with E-state index in [4.69, 9.17) is 16.6 Å². The Morgan fingerprint density at radius 3 is 2.54 bits per heavy atom. The molecule has 4 rings (SSSR count). The number of hydrogen-bond acceptors (Lipinski definition) is 3. The fraction of sp³-hybridized carbons (Fsp3) is 0.304. The Labute approximate surface area is 170 Å². The van der Waals surface area contributed by atoms with Gasteiger partial charge in [-0.3, -0.25) is 4.79 Å². The summed E-state index contributed by atoms with van der Waals surface area (Å²) in [6, 6.07) is 18.0. The van der Waals surface area contributed by atoms with E-state index >= 15 is 0 Å². The lowest BCUT2D eigenvalue weighted by Crippen LogP contribution is -2.40. The third kappa shape index (κ3) is 4.28. The van der Waals surface area contributed by atoms with Crippen molar-refractivity contribution in [2.75, 3.05) is 5.32 Å². The first-order valence-corrected chi connectivity index (χ1v) is 10.2. The summed E-state index contributed by atoms with van der Waals surface area (Å²) >= 11 is 5.98. The van der Waals surface area contributed by atoms with Crippen LogP contribution in [0.4, 0.5) is 5.82 Å². The minimum atomic E-state index is -0.0503. The Hall–Kier alpha value is -2.59. The van der Waals surface area contributed by atoms with Gasteiger partial charge >= 0.3 is 0 Å². The Balaban J connectivity index is 1.34. The average Bonchev–Trinajstić information content (AvgIpc) is 2.69. The monoisotopic (exact) mass is 393 g/mol. The average molecular weight is 394 g/mol. The van der Waals surface area contributed by atoms with E-state index in [1.807, 2.05) is 12.1 Å². The minimum absolute atomic E-state index is 0.0503. The van der Waals surface area contributed by atoms with Gasteiger partial charge in [-0.05, 0) is 68.5 Å². The first kappa shape index (κ1) is 18.8. The summed E-state index contributed by atoms with van der Waals surface area (Å²) in [5.74, 6) is 0.883. The van der Waals surface area contributed by atoms with E-state index in [1.54, 1.807) is 24.3 Å². The number of carbonyl (C=O) groups excluding carboxylic acids is 1. The van der Waals surface area contributed by atoms with E-state index in [0.29, 0.717) is 16.6 Å². The number of hydrogen-bond donors (Lipinski definition) is 2. The fourth-order valence-corrected chi connectivity index (χ4v) is 4.10. The molecule has 1 heterocycles. The van der Waals surface area contributed by atoms with Gasteiger partial charge in [-0.25, -0.2) is 4.98 Å². The van der Waals surface area contributed by atoms with Crippen molar-refractivity contribution in [2.24, 2.45) is 0 Å². The molecule has 3 aromatic rings. The first-order chi connectivity index (χ1) is 13.6. The summed E-state index contributed by atoms with van der Waals surface area (Å²) < 4.78 is 0. The van der Waals surface area contributed by atoms with E-state index in [2.05, 4.69) is 35.8 Å². The van der Waals surface area contributed by atoms with Gasteiger partial charge in [-0.2, -0.15) is 0 Å². The molecular weight excluding hydrogens is 370 g/mol. The number of anilines is 1. The minimum Gasteiger partial charge on any atom is -0.367 e. The highest BCUT2D eigenvalue weighted by Gasteiger charge is 2.23. The SMILES string of the molecule is Cc1cc(N[C@H]2CC[C@@H](NC(=O)c3cccc(Cl)c3)CC2)nc2ccccc12. The molecule has 2 aromatic carbocycles. The zero-order valence-corrected chi connectivity index (χ0v) is 16.7. The van der Waals surface area contributed by atoms with Crippen molar-refractivity contribution in [1.29, 1.82) is 0 Å². The number of halogens is 1. The highest BCUT2D eigenvalue weighted by Crippen LogP contribution is 2.25. The molecule has 1 fully saturated rings. The molecule has 1 amide bonds. The van der Waals surface area contributed by atoms with Gasteiger partial charge in [0.25, 0.3) is 5.91 Å². The predicted molar refractivity (Wildman–Crippen MR) is 115 cm³/mol. The zero-order chi connectivity index (χ0) is 19.5. The molecule has 1 aliphatic rings. The normalized spacial score (nSPS) is 19.4. The van der Waals surface area contributed by atoms with Crippen molar-refractivity contribution in [3.8, 4) is 0 Å². The lowest BCUT2D eigenvalue weighted by atomic mass is 9.91. The molecule has 4 nitrogen and oxygen atoms in total. The Kier molecular flexibility index (Phi) is 5.49. The van der Waals surface area contributed by atoms with Crippen LogP contribution in [-0.2, 0) is 0 Å². The standard InChI is InChI=1S/C23H24ClN3O/c1-15-13-22(27-21-8-3-2-7-20(15)21)25-18-9-11-19(12-10-18)26-23(28)16-5-4-6-17(24)14-16/h2-8,13-14,18-19H,9-12H2,1H3,(H,25,27)(H,26,28)/t18-,19+. The number of para-hydroxylation sites is 1. The lowest BCUT2D eigenvalue weighted by molar-refractivity contribution is 0.0926.